The second-order valence-corrected chi connectivity index (χ2v) is 6.11. The van der Waals surface area contributed by atoms with Gasteiger partial charge in [0.1, 0.15) is 6.10 Å². The monoisotopic (exact) mass is 359 g/mol. The van der Waals surface area contributed by atoms with Crippen molar-refractivity contribution in [1.29, 1.82) is 0 Å². The van der Waals surface area contributed by atoms with E-state index in [9.17, 15) is 9.59 Å². The third kappa shape index (κ3) is 5.59. The predicted octanol–water partition coefficient (Wildman–Crippen LogP) is -1.18. The molecule has 0 spiro atoms. The van der Waals surface area contributed by atoms with Crippen molar-refractivity contribution in [2.45, 2.75) is 31.4 Å². The van der Waals surface area contributed by atoms with Crippen molar-refractivity contribution in [3.05, 3.63) is 34.9 Å². The molecule has 1 aromatic carbocycles. The van der Waals surface area contributed by atoms with Gasteiger partial charge in [-0.25, -0.2) is 5.48 Å². The van der Waals surface area contributed by atoms with E-state index in [-0.39, 0.29) is 11.1 Å². The highest BCUT2D eigenvalue weighted by Gasteiger charge is 2.35. The molecule has 0 aliphatic carbocycles. The first-order valence-corrected chi connectivity index (χ1v) is 7.58. The van der Waals surface area contributed by atoms with Crippen molar-refractivity contribution in [3.8, 4) is 23.7 Å². The molecule has 0 fully saturated rings. The molecule has 1 aromatic rings. The summed E-state index contributed by atoms with van der Waals surface area (Å²) in [5, 5.41) is 26.8. The number of nitrogens with one attached hydrogen (secondary N) is 1. The number of nitrogens with two attached hydrogens (primary N) is 2. The van der Waals surface area contributed by atoms with E-state index in [1.165, 1.54) is 18.2 Å². The summed E-state index contributed by atoms with van der Waals surface area (Å²) >= 11 is 0. The van der Waals surface area contributed by atoms with Gasteiger partial charge in [-0.05, 0) is 49.5 Å². The maximum Gasteiger partial charge on any atom is 0.252 e. The Hall–Kier alpha value is -2.88. The molecule has 26 heavy (non-hydrogen) atoms. The highest BCUT2D eigenvalue weighted by Crippen LogP contribution is 2.30. The Morgan fingerprint density at radius 2 is 1.96 bits per heavy atom. The van der Waals surface area contributed by atoms with Crippen LogP contribution in [0.5, 0.6) is 0 Å². The van der Waals surface area contributed by atoms with Gasteiger partial charge < -0.3 is 21.7 Å². The zero-order chi connectivity index (χ0) is 19.9. The molecular formula is C18H21N3O5. The van der Waals surface area contributed by atoms with Gasteiger partial charge in [0, 0.05) is 16.7 Å². The number of carbonyl (C=O) groups excluding carboxylic acids is 2. The minimum Gasteiger partial charge on any atom is -0.393 e. The Kier molecular flexibility index (Phi) is 7.32. The van der Waals surface area contributed by atoms with Crippen molar-refractivity contribution < 1.29 is 25.0 Å². The van der Waals surface area contributed by atoms with E-state index in [4.69, 9.17) is 26.9 Å². The first-order chi connectivity index (χ1) is 12.1. The van der Waals surface area contributed by atoms with Gasteiger partial charge in [-0.1, -0.05) is 11.8 Å². The molecule has 8 nitrogen and oxygen atoms in total. The number of hydroxylamine groups is 1. The largest absolute Gasteiger partial charge is 0.393 e. The summed E-state index contributed by atoms with van der Waals surface area (Å²) in [6, 6.07) is 4.38. The molecule has 0 saturated carbocycles. The summed E-state index contributed by atoms with van der Waals surface area (Å²) in [5.74, 6) is 7.24. The number of primary amides is 1. The lowest BCUT2D eigenvalue weighted by Gasteiger charge is -2.30. The average Bonchev–Trinajstić information content (AvgIpc) is 2.57. The molecule has 8 N–H and O–H groups in total. The molecule has 0 unspecified atom stereocenters. The van der Waals surface area contributed by atoms with Crippen molar-refractivity contribution in [2.24, 2.45) is 11.5 Å². The highest BCUT2D eigenvalue weighted by atomic mass is 16.5. The molecule has 138 valence electrons. The van der Waals surface area contributed by atoms with Crippen LogP contribution in [0, 0.1) is 23.7 Å². The minimum absolute atomic E-state index is 0.0736. The fourth-order valence-corrected chi connectivity index (χ4v) is 2.32. The van der Waals surface area contributed by atoms with Crippen LogP contribution in [0.2, 0.25) is 0 Å². The lowest BCUT2D eigenvalue weighted by Crippen LogP contribution is -2.47. The molecule has 0 aliphatic rings. The fraction of sp³-hybridized carbons (Fsp3) is 0.333. The summed E-state index contributed by atoms with van der Waals surface area (Å²) in [6.45, 7) is 2.63. The van der Waals surface area contributed by atoms with E-state index in [1.54, 1.807) is 19.3 Å². The molecule has 0 aliphatic heterocycles. The van der Waals surface area contributed by atoms with E-state index in [0.29, 0.717) is 5.56 Å². The number of amides is 2. The predicted molar refractivity (Wildman–Crippen MR) is 93.6 cm³/mol. The molecule has 0 bridgehead atoms. The zero-order valence-corrected chi connectivity index (χ0v) is 14.4. The molecule has 2 amide bonds. The van der Waals surface area contributed by atoms with Gasteiger partial charge in [0.2, 0.25) is 5.91 Å². The summed E-state index contributed by atoms with van der Waals surface area (Å²) in [6.07, 6.45) is -1.19. The Morgan fingerprint density at radius 1 is 1.31 bits per heavy atom. The van der Waals surface area contributed by atoms with Crippen LogP contribution in [0.1, 0.15) is 41.3 Å². The quantitative estimate of drug-likeness (QED) is 0.220. The van der Waals surface area contributed by atoms with Crippen molar-refractivity contribution in [3.63, 3.8) is 0 Å². The Balaban J connectivity index is 3.44. The van der Waals surface area contributed by atoms with Crippen LogP contribution >= 0.6 is 0 Å². The summed E-state index contributed by atoms with van der Waals surface area (Å²) in [5.41, 5.74) is 12.5. The zero-order valence-electron chi connectivity index (χ0n) is 14.4. The fourth-order valence-electron chi connectivity index (χ4n) is 2.32. The SMILES string of the molecule is CC(C)(N)[C@@H](C(=O)NO)c1cc(C#CC#C[C@H](O)CO)ccc1C(N)=O. The number of benzene rings is 1. The van der Waals surface area contributed by atoms with Gasteiger partial charge in [0.25, 0.3) is 5.91 Å². The molecular weight excluding hydrogens is 338 g/mol. The van der Waals surface area contributed by atoms with Gasteiger partial charge in [-0.15, -0.1) is 0 Å². The molecule has 0 heterocycles. The Bertz CT molecular complexity index is 806. The summed E-state index contributed by atoms with van der Waals surface area (Å²) < 4.78 is 0. The highest BCUT2D eigenvalue weighted by molar-refractivity contribution is 5.97. The van der Waals surface area contributed by atoms with Crippen LogP contribution in [-0.2, 0) is 4.79 Å². The standard InChI is InChI=1S/C18H21N3O5/c1-18(2,20)15(17(25)21-26)14-9-11(7-8-13(14)16(19)24)5-3-4-6-12(23)10-22/h7-9,12,15,22-23,26H,10,20H2,1-2H3,(H2,19,24)(H,21,25)/t12-,15+/m0/s1. The normalized spacial score (nSPS) is 12.7. The average molecular weight is 359 g/mol. The molecule has 2 atom stereocenters. The van der Waals surface area contributed by atoms with Gasteiger partial charge in [-0.3, -0.25) is 14.8 Å². The topological polar surface area (TPSA) is 159 Å². The van der Waals surface area contributed by atoms with Gasteiger partial charge in [0.15, 0.2) is 0 Å². The van der Waals surface area contributed by atoms with E-state index in [0.717, 1.165) is 0 Å². The maximum atomic E-state index is 12.1. The Morgan fingerprint density at radius 3 is 2.46 bits per heavy atom. The first kappa shape index (κ1) is 21.2. The van der Waals surface area contributed by atoms with E-state index in [2.05, 4.69) is 23.7 Å². The summed E-state index contributed by atoms with van der Waals surface area (Å²) in [4.78, 5) is 23.8. The van der Waals surface area contributed by atoms with Crippen LogP contribution in [-0.4, -0.2) is 45.5 Å². The number of rotatable bonds is 5. The first-order valence-electron chi connectivity index (χ1n) is 7.58. The molecule has 1 rings (SSSR count). The van der Waals surface area contributed by atoms with Crippen molar-refractivity contribution in [1.82, 2.24) is 5.48 Å². The van der Waals surface area contributed by atoms with Crippen molar-refractivity contribution >= 4 is 11.8 Å². The lowest BCUT2D eigenvalue weighted by atomic mass is 9.79. The second kappa shape index (κ2) is 8.99. The van der Waals surface area contributed by atoms with Crippen LogP contribution < -0.4 is 16.9 Å². The molecule has 0 aromatic heterocycles. The van der Waals surface area contributed by atoms with Crippen LogP contribution in [0.25, 0.3) is 0 Å². The van der Waals surface area contributed by atoms with E-state index < -0.39 is 36.0 Å². The molecule has 0 radical (unpaired) electrons. The van der Waals surface area contributed by atoms with Crippen LogP contribution in [0.4, 0.5) is 0 Å². The van der Waals surface area contributed by atoms with Crippen LogP contribution in [0.3, 0.4) is 0 Å². The van der Waals surface area contributed by atoms with Gasteiger partial charge in [0.05, 0.1) is 12.5 Å². The number of aliphatic hydroxyl groups excluding tert-OH is 2. The minimum atomic E-state index is -1.19. The third-order valence-corrected chi connectivity index (χ3v) is 3.43. The number of hydrogen-bond donors (Lipinski definition) is 6. The van der Waals surface area contributed by atoms with E-state index >= 15 is 0 Å². The number of hydrogen-bond acceptors (Lipinski definition) is 6. The van der Waals surface area contributed by atoms with Crippen LogP contribution in [0.15, 0.2) is 18.2 Å². The lowest BCUT2D eigenvalue weighted by molar-refractivity contribution is -0.132. The summed E-state index contributed by atoms with van der Waals surface area (Å²) in [7, 11) is 0. The molecule has 0 saturated heterocycles. The number of carbonyl (C=O) groups is 2. The van der Waals surface area contributed by atoms with Gasteiger partial charge in [-0.2, -0.15) is 0 Å². The second-order valence-electron chi connectivity index (χ2n) is 6.11. The maximum absolute atomic E-state index is 12.1. The third-order valence-electron chi connectivity index (χ3n) is 3.43. The smallest absolute Gasteiger partial charge is 0.252 e. The van der Waals surface area contributed by atoms with Crippen molar-refractivity contribution in [2.75, 3.05) is 6.61 Å². The molecule has 8 heteroatoms. The van der Waals surface area contributed by atoms with E-state index in [1.807, 2.05) is 0 Å². The van der Waals surface area contributed by atoms with Gasteiger partial charge >= 0.3 is 0 Å². The number of aliphatic hydroxyl groups is 2. The Labute approximate surface area is 151 Å².